The lowest BCUT2D eigenvalue weighted by atomic mass is 10.2. The fraction of sp³-hybridized carbons (Fsp3) is 0.480. The summed E-state index contributed by atoms with van der Waals surface area (Å²) < 4.78 is 10.9. The Balaban J connectivity index is 1.38. The first-order valence-corrected chi connectivity index (χ1v) is 11.1. The fourth-order valence-corrected chi connectivity index (χ4v) is 3.78. The van der Waals surface area contributed by atoms with Crippen molar-refractivity contribution in [2.75, 3.05) is 39.3 Å². The molecule has 162 valence electrons. The summed E-state index contributed by atoms with van der Waals surface area (Å²) in [7, 11) is 0. The average molecular weight is 411 g/mol. The van der Waals surface area contributed by atoms with Crippen LogP contribution >= 0.6 is 0 Å². The predicted molar refractivity (Wildman–Crippen MR) is 119 cm³/mol. The van der Waals surface area contributed by atoms with E-state index in [0.717, 1.165) is 57.9 Å². The molecule has 0 unspecified atom stereocenters. The van der Waals surface area contributed by atoms with E-state index in [1.54, 1.807) is 0 Å². The Bertz CT molecular complexity index is 749. The molecule has 0 bridgehead atoms. The average Bonchev–Trinajstić information content (AvgIpc) is 2.99. The Morgan fingerprint density at radius 2 is 1.63 bits per heavy atom. The van der Waals surface area contributed by atoms with Crippen molar-refractivity contribution in [1.29, 1.82) is 0 Å². The van der Waals surface area contributed by atoms with Crippen molar-refractivity contribution in [3.05, 3.63) is 65.7 Å². The lowest BCUT2D eigenvalue weighted by molar-refractivity contribution is -0.143. The third-order valence-corrected chi connectivity index (χ3v) is 5.42. The second-order valence-electron chi connectivity index (χ2n) is 7.80. The van der Waals surface area contributed by atoms with Gasteiger partial charge in [-0.1, -0.05) is 42.5 Å². The standard InChI is InChI=1S/C25H34N2O3/c1-2-29-25(28)10-6-15-26-16-7-17-27(19-18-26)20-22-11-13-24(14-12-22)30-21-23-8-4-3-5-9-23/h3-5,8-9,11-14H,2,6-7,10,15-21H2,1H3. The molecule has 0 aromatic heterocycles. The zero-order chi connectivity index (χ0) is 21.0. The summed E-state index contributed by atoms with van der Waals surface area (Å²) in [5, 5.41) is 0. The van der Waals surface area contributed by atoms with Gasteiger partial charge in [-0.05, 0) is 62.7 Å². The van der Waals surface area contributed by atoms with Gasteiger partial charge < -0.3 is 14.4 Å². The molecule has 3 rings (SSSR count). The Morgan fingerprint density at radius 3 is 2.40 bits per heavy atom. The molecular formula is C25H34N2O3. The number of nitrogens with zero attached hydrogens (tertiary/aromatic N) is 2. The first-order valence-electron chi connectivity index (χ1n) is 11.1. The summed E-state index contributed by atoms with van der Waals surface area (Å²) in [6.45, 7) is 9.19. The molecule has 30 heavy (non-hydrogen) atoms. The van der Waals surface area contributed by atoms with Gasteiger partial charge in [0.25, 0.3) is 0 Å². The Morgan fingerprint density at radius 1 is 0.900 bits per heavy atom. The van der Waals surface area contributed by atoms with Gasteiger partial charge in [-0.3, -0.25) is 9.69 Å². The first kappa shape index (κ1) is 22.3. The van der Waals surface area contributed by atoms with Gasteiger partial charge in [-0.25, -0.2) is 0 Å². The molecule has 0 atom stereocenters. The van der Waals surface area contributed by atoms with Crippen LogP contribution in [0.1, 0.15) is 37.3 Å². The molecule has 1 fully saturated rings. The van der Waals surface area contributed by atoms with E-state index in [9.17, 15) is 4.79 Å². The highest BCUT2D eigenvalue weighted by molar-refractivity contribution is 5.69. The van der Waals surface area contributed by atoms with Crippen molar-refractivity contribution in [1.82, 2.24) is 9.80 Å². The van der Waals surface area contributed by atoms with E-state index in [1.807, 2.05) is 25.1 Å². The van der Waals surface area contributed by atoms with Gasteiger partial charge in [0.05, 0.1) is 6.61 Å². The highest BCUT2D eigenvalue weighted by atomic mass is 16.5. The molecule has 2 aromatic carbocycles. The van der Waals surface area contributed by atoms with E-state index in [0.29, 0.717) is 19.6 Å². The predicted octanol–water partition coefficient (Wildman–Crippen LogP) is 4.12. The van der Waals surface area contributed by atoms with Crippen LogP contribution in [0.5, 0.6) is 5.75 Å². The van der Waals surface area contributed by atoms with Crippen molar-refractivity contribution < 1.29 is 14.3 Å². The number of ether oxygens (including phenoxy) is 2. The van der Waals surface area contributed by atoms with Crippen molar-refractivity contribution in [2.24, 2.45) is 0 Å². The lowest BCUT2D eigenvalue weighted by Gasteiger charge is -2.22. The summed E-state index contributed by atoms with van der Waals surface area (Å²) in [5.41, 5.74) is 2.50. The SMILES string of the molecule is CCOC(=O)CCCN1CCCN(Cc2ccc(OCc3ccccc3)cc2)CC1. The molecule has 0 aliphatic carbocycles. The van der Waals surface area contributed by atoms with Crippen LogP contribution in [0, 0.1) is 0 Å². The molecule has 0 amide bonds. The van der Waals surface area contributed by atoms with Crippen molar-refractivity contribution in [3.63, 3.8) is 0 Å². The summed E-state index contributed by atoms with van der Waals surface area (Å²) >= 11 is 0. The minimum Gasteiger partial charge on any atom is -0.489 e. The molecule has 1 heterocycles. The quantitative estimate of drug-likeness (QED) is 0.551. The van der Waals surface area contributed by atoms with Crippen LogP contribution in [-0.2, 0) is 22.7 Å². The van der Waals surface area contributed by atoms with Crippen molar-refractivity contribution in [3.8, 4) is 5.75 Å². The van der Waals surface area contributed by atoms with Crippen molar-refractivity contribution >= 4 is 5.97 Å². The normalized spacial score (nSPS) is 15.5. The van der Waals surface area contributed by atoms with E-state index < -0.39 is 0 Å². The highest BCUT2D eigenvalue weighted by Crippen LogP contribution is 2.16. The number of carbonyl (C=O) groups is 1. The number of hydrogen-bond acceptors (Lipinski definition) is 5. The Hall–Kier alpha value is -2.37. The third kappa shape index (κ3) is 7.81. The topological polar surface area (TPSA) is 42.0 Å². The molecule has 1 aliphatic heterocycles. The molecule has 0 radical (unpaired) electrons. The van der Waals surface area contributed by atoms with Crippen LogP contribution in [0.4, 0.5) is 0 Å². The molecule has 2 aromatic rings. The smallest absolute Gasteiger partial charge is 0.305 e. The van der Waals surface area contributed by atoms with Crippen molar-refractivity contribution in [2.45, 2.75) is 39.3 Å². The van der Waals surface area contributed by atoms with Gasteiger partial charge in [-0.2, -0.15) is 0 Å². The maximum atomic E-state index is 11.5. The number of hydrogen-bond donors (Lipinski definition) is 0. The molecular weight excluding hydrogens is 376 g/mol. The first-order chi connectivity index (χ1) is 14.7. The van der Waals surface area contributed by atoms with E-state index in [4.69, 9.17) is 9.47 Å². The lowest BCUT2D eigenvalue weighted by Crippen LogP contribution is -2.31. The number of carbonyl (C=O) groups excluding carboxylic acids is 1. The molecule has 5 nitrogen and oxygen atoms in total. The summed E-state index contributed by atoms with van der Waals surface area (Å²) in [6, 6.07) is 18.7. The van der Waals surface area contributed by atoms with Crippen LogP contribution in [0.15, 0.2) is 54.6 Å². The number of benzene rings is 2. The molecule has 5 heteroatoms. The fourth-order valence-electron chi connectivity index (χ4n) is 3.78. The van der Waals surface area contributed by atoms with Crippen LogP contribution < -0.4 is 4.74 Å². The maximum Gasteiger partial charge on any atom is 0.305 e. The molecule has 1 saturated heterocycles. The van der Waals surface area contributed by atoms with Crippen LogP contribution in [0.3, 0.4) is 0 Å². The summed E-state index contributed by atoms with van der Waals surface area (Å²) in [4.78, 5) is 16.5. The van der Waals surface area contributed by atoms with Gasteiger partial charge in [0.1, 0.15) is 12.4 Å². The van der Waals surface area contributed by atoms with Gasteiger partial charge in [-0.15, -0.1) is 0 Å². The van der Waals surface area contributed by atoms with Gasteiger partial charge in [0.15, 0.2) is 0 Å². The second-order valence-corrected chi connectivity index (χ2v) is 7.80. The van der Waals surface area contributed by atoms with Crippen LogP contribution in [0.25, 0.3) is 0 Å². The van der Waals surface area contributed by atoms with E-state index in [2.05, 4.69) is 46.2 Å². The maximum absolute atomic E-state index is 11.5. The second kappa shape index (κ2) is 12.4. The highest BCUT2D eigenvalue weighted by Gasteiger charge is 2.15. The van der Waals surface area contributed by atoms with Crippen LogP contribution in [0.2, 0.25) is 0 Å². The molecule has 0 saturated carbocycles. The zero-order valence-electron chi connectivity index (χ0n) is 18.1. The zero-order valence-corrected chi connectivity index (χ0v) is 18.1. The summed E-state index contributed by atoms with van der Waals surface area (Å²) in [6.07, 6.45) is 2.56. The van der Waals surface area contributed by atoms with E-state index in [1.165, 1.54) is 11.1 Å². The van der Waals surface area contributed by atoms with Gasteiger partial charge >= 0.3 is 5.97 Å². The van der Waals surface area contributed by atoms with Gasteiger partial charge in [0, 0.05) is 26.1 Å². The monoisotopic (exact) mass is 410 g/mol. The third-order valence-electron chi connectivity index (χ3n) is 5.42. The Labute approximate surface area is 180 Å². The molecule has 1 aliphatic rings. The van der Waals surface area contributed by atoms with E-state index in [-0.39, 0.29) is 5.97 Å². The number of esters is 1. The molecule has 0 spiro atoms. The molecule has 0 N–H and O–H groups in total. The largest absolute Gasteiger partial charge is 0.489 e. The van der Waals surface area contributed by atoms with Gasteiger partial charge in [0.2, 0.25) is 0 Å². The minimum atomic E-state index is -0.0786. The Kier molecular flexibility index (Phi) is 9.19. The van der Waals surface area contributed by atoms with E-state index >= 15 is 0 Å². The number of rotatable bonds is 10. The minimum absolute atomic E-state index is 0.0786. The van der Waals surface area contributed by atoms with Crippen LogP contribution in [-0.4, -0.2) is 55.1 Å². The summed E-state index contributed by atoms with van der Waals surface area (Å²) in [5.74, 6) is 0.830.